The molecule has 1 atom stereocenters. The van der Waals surface area contributed by atoms with Gasteiger partial charge in [0.05, 0.1) is 18.4 Å². The second-order valence-electron chi connectivity index (χ2n) is 7.36. The number of nitrogens with zero attached hydrogens (tertiary/aromatic N) is 2. The van der Waals surface area contributed by atoms with Crippen molar-refractivity contribution in [1.82, 2.24) is 5.01 Å². The van der Waals surface area contributed by atoms with Crippen LogP contribution in [0.2, 0.25) is 0 Å². The van der Waals surface area contributed by atoms with Crippen LogP contribution in [0.1, 0.15) is 56.2 Å². The molecule has 4 heteroatoms. The molecule has 0 amide bonds. The van der Waals surface area contributed by atoms with Crippen molar-refractivity contribution in [2.24, 2.45) is 5.10 Å². The van der Waals surface area contributed by atoms with Gasteiger partial charge in [-0.25, -0.2) is 5.01 Å². The second-order valence-corrected chi connectivity index (χ2v) is 7.36. The molecule has 4 nitrogen and oxygen atoms in total. The van der Waals surface area contributed by atoms with E-state index in [1.165, 1.54) is 24.0 Å². The Morgan fingerprint density at radius 3 is 2.65 bits per heavy atom. The molecule has 2 heterocycles. The number of para-hydroxylation sites is 1. The molecule has 2 aromatic rings. The summed E-state index contributed by atoms with van der Waals surface area (Å²) in [5.41, 5.74) is 3.32. The number of ether oxygens (including phenoxy) is 2. The summed E-state index contributed by atoms with van der Waals surface area (Å²) in [5.74, 6) is 1.95. The molecule has 0 N–H and O–H groups in total. The van der Waals surface area contributed by atoms with Crippen LogP contribution in [0.25, 0.3) is 0 Å². The lowest BCUT2D eigenvalue weighted by Crippen LogP contribution is -2.51. The second kappa shape index (κ2) is 6.04. The molecular weight excluding hydrogens is 324 g/mol. The van der Waals surface area contributed by atoms with Crippen LogP contribution >= 0.6 is 0 Å². The Bertz CT molecular complexity index is 837. The van der Waals surface area contributed by atoms with Gasteiger partial charge in [-0.2, -0.15) is 5.10 Å². The smallest absolute Gasteiger partial charge is 0.198 e. The molecular formula is C22H24N2O2. The Hall–Kier alpha value is -2.49. The molecule has 1 saturated carbocycles. The van der Waals surface area contributed by atoms with Crippen molar-refractivity contribution < 1.29 is 9.47 Å². The third-order valence-electron chi connectivity index (χ3n) is 5.79. The average molecular weight is 348 g/mol. The molecule has 134 valence electrons. The van der Waals surface area contributed by atoms with E-state index in [0.29, 0.717) is 6.61 Å². The predicted octanol–water partition coefficient (Wildman–Crippen LogP) is 4.90. The van der Waals surface area contributed by atoms with Crippen molar-refractivity contribution in [2.75, 3.05) is 6.61 Å². The standard InChI is InChI=1S/C22H24N2O2/c1-2-25-17-11-9-16(10-12-17)19-15-20-18-7-3-4-8-21(18)26-22(24(20)23-19)13-5-6-14-22/h3-4,7-12,20H,2,5-6,13-15H2,1H3/t20-/m0/s1. The molecule has 2 aromatic carbocycles. The molecule has 0 radical (unpaired) electrons. The summed E-state index contributed by atoms with van der Waals surface area (Å²) in [5, 5.41) is 7.35. The van der Waals surface area contributed by atoms with Crippen molar-refractivity contribution in [3.8, 4) is 11.5 Å². The van der Waals surface area contributed by atoms with Gasteiger partial charge in [0.25, 0.3) is 0 Å². The third-order valence-corrected chi connectivity index (χ3v) is 5.79. The minimum absolute atomic E-state index is 0.258. The summed E-state index contributed by atoms with van der Waals surface area (Å²) in [6.45, 7) is 2.69. The largest absolute Gasteiger partial charge is 0.494 e. The topological polar surface area (TPSA) is 34.1 Å². The molecule has 0 unspecified atom stereocenters. The van der Waals surface area contributed by atoms with Crippen LogP contribution in [0.4, 0.5) is 0 Å². The lowest BCUT2D eigenvalue weighted by atomic mass is 9.94. The van der Waals surface area contributed by atoms with Gasteiger partial charge in [0.2, 0.25) is 0 Å². The zero-order chi connectivity index (χ0) is 17.6. The Balaban J connectivity index is 1.52. The van der Waals surface area contributed by atoms with E-state index in [2.05, 4.69) is 41.4 Å². The maximum absolute atomic E-state index is 6.53. The summed E-state index contributed by atoms with van der Waals surface area (Å²) < 4.78 is 12.1. The van der Waals surface area contributed by atoms with Crippen molar-refractivity contribution in [3.63, 3.8) is 0 Å². The summed E-state index contributed by atoms with van der Waals surface area (Å²) in [6, 6.07) is 17.1. The van der Waals surface area contributed by atoms with Crippen molar-refractivity contribution in [2.45, 2.75) is 50.8 Å². The first-order chi connectivity index (χ1) is 12.8. The zero-order valence-electron chi connectivity index (χ0n) is 15.1. The van der Waals surface area contributed by atoms with Gasteiger partial charge in [0.15, 0.2) is 5.72 Å². The maximum atomic E-state index is 6.53. The quantitative estimate of drug-likeness (QED) is 0.791. The van der Waals surface area contributed by atoms with Crippen LogP contribution in [-0.2, 0) is 0 Å². The fourth-order valence-electron chi connectivity index (χ4n) is 4.57. The van der Waals surface area contributed by atoms with Gasteiger partial charge in [0.1, 0.15) is 11.5 Å². The fourth-order valence-corrected chi connectivity index (χ4v) is 4.57. The molecule has 0 aromatic heterocycles. The van der Waals surface area contributed by atoms with Crippen LogP contribution in [-0.4, -0.2) is 23.1 Å². The van der Waals surface area contributed by atoms with Gasteiger partial charge >= 0.3 is 0 Å². The molecule has 26 heavy (non-hydrogen) atoms. The van der Waals surface area contributed by atoms with Crippen LogP contribution < -0.4 is 9.47 Å². The molecule has 1 aliphatic carbocycles. The molecule has 3 aliphatic rings. The number of benzene rings is 2. The highest BCUT2D eigenvalue weighted by molar-refractivity contribution is 6.02. The molecule has 0 saturated heterocycles. The number of hydrazone groups is 1. The lowest BCUT2D eigenvalue weighted by Gasteiger charge is -2.45. The number of hydrogen-bond acceptors (Lipinski definition) is 4. The van der Waals surface area contributed by atoms with E-state index in [9.17, 15) is 0 Å². The molecule has 2 aliphatic heterocycles. The first-order valence-corrected chi connectivity index (χ1v) is 9.67. The van der Waals surface area contributed by atoms with Crippen LogP contribution in [0.15, 0.2) is 53.6 Å². The monoisotopic (exact) mass is 348 g/mol. The van der Waals surface area contributed by atoms with Gasteiger partial charge in [-0.15, -0.1) is 0 Å². The Morgan fingerprint density at radius 1 is 1.12 bits per heavy atom. The van der Waals surface area contributed by atoms with E-state index in [1.54, 1.807) is 0 Å². The number of rotatable bonds is 3. The number of fused-ring (bicyclic) bond motifs is 4. The van der Waals surface area contributed by atoms with Gasteiger partial charge < -0.3 is 9.47 Å². The normalized spacial score (nSPS) is 22.6. The molecule has 5 rings (SSSR count). The molecule has 1 fully saturated rings. The number of hydrogen-bond donors (Lipinski definition) is 0. The summed E-state index contributed by atoms with van der Waals surface area (Å²) in [4.78, 5) is 0. The van der Waals surface area contributed by atoms with Crippen LogP contribution in [0.5, 0.6) is 11.5 Å². The van der Waals surface area contributed by atoms with E-state index in [0.717, 1.165) is 36.5 Å². The fraction of sp³-hybridized carbons (Fsp3) is 0.409. The van der Waals surface area contributed by atoms with Gasteiger partial charge in [-0.3, -0.25) is 0 Å². The highest BCUT2D eigenvalue weighted by atomic mass is 16.5. The maximum Gasteiger partial charge on any atom is 0.198 e. The van der Waals surface area contributed by atoms with Gasteiger partial charge in [-0.05, 0) is 55.7 Å². The zero-order valence-corrected chi connectivity index (χ0v) is 15.1. The highest BCUT2D eigenvalue weighted by Gasteiger charge is 2.51. The highest BCUT2D eigenvalue weighted by Crippen LogP contribution is 2.51. The third kappa shape index (κ3) is 2.39. The van der Waals surface area contributed by atoms with E-state index in [-0.39, 0.29) is 11.8 Å². The van der Waals surface area contributed by atoms with E-state index < -0.39 is 0 Å². The van der Waals surface area contributed by atoms with Gasteiger partial charge in [-0.1, -0.05) is 18.2 Å². The Labute approximate surface area is 154 Å². The first kappa shape index (κ1) is 15.7. The average Bonchev–Trinajstić information content (AvgIpc) is 3.31. The molecule has 1 spiro atoms. The first-order valence-electron chi connectivity index (χ1n) is 9.67. The van der Waals surface area contributed by atoms with Crippen molar-refractivity contribution in [1.29, 1.82) is 0 Å². The van der Waals surface area contributed by atoms with Crippen molar-refractivity contribution >= 4 is 5.71 Å². The summed E-state index contributed by atoms with van der Waals surface area (Å²) in [7, 11) is 0. The molecule has 0 bridgehead atoms. The van der Waals surface area contributed by atoms with E-state index >= 15 is 0 Å². The predicted molar refractivity (Wildman–Crippen MR) is 102 cm³/mol. The van der Waals surface area contributed by atoms with E-state index in [4.69, 9.17) is 14.6 Å². The minimum atomic E-state index is -0.258. The van der Waals surface area contributed by atoms with Crippen molar-refractivity contribution in [3.05, 3.63) is 59.7 Å². The van der Waals surface area contributed by atoms with Crippen LogP contribution in [0.3, 0.4) is 0 Å². The SMILES string of the molecule is CCOc1ccc(C2=NN3[C@@H](C2)c2ccccc2OC32CCCC2)cc1. The summed E-state index contributed by atoms with van der Waals surface area (Å²) in [6.07, 6.45) is 5.45. The Kier molecular flexibility index (Phi) is 3.66. The van der Waals surface area contributed by atoms with E-state index in [1.807, 2.05) is 19.1 Å². The van der Waals surface area contributed by atoms with Gasteiger partial charge in [0, 0.05) is 24.8 Å². The van der Waals surface area contributed by atoms with Crippen LogP contribution in [0, 0.1) is 0 Å². The summed E-state index contributed by atoms with van der Waals surface area (Å²) >= 11 is 0. The Morgan fingerprint density at radius 2 is 1.88 bits per heavy atom. The minimum Gasteiger partial charge on any atom is -0.494 e. The lowest BCUT2D eigenvalue weighted by molar-refractivity contribution is -0.114.